The standard InChI is InChI=1S/C9H11Cl2NO/c1-2-9(12-13)6-3-4-7(10)8(11)5-6/h3-5,9,12-13H,2H2,1H3/t9-/m0/s1. The number of nitrogens with one attached hydrogen (secondary N) is 1. The molecule has 1 atom stereocenters. The third-order valence-electron chi connectivity index (χ3n) is 1.91. The number of rotatable bonds is 3. The third kappa shape index (κ3) is 2.58. The quantitative estimate of drug-likeness (QED) is 0.765. The molecule has 0 amide bonds. The van der Waals surface area contributed by atoms with E-state index < -0.39 is 0 Å². The zero-order chi connectivity index (χ0) is 9.84. The van der Waals surface area contributed by atoms with Crippen molar-refractivity contribution in [2.75, 3.05) is 0 Å². The van der Waals surface area contributed by atoms with Crippen LogP contribution in [0.3, 0.4) is 0 Å². The molecule has 1 rings (SSSR count). The van der Waals surface area contributed by atoms with E-state index in [1.54, 1.807) is 12.1 Å². The molecule has 0 aliphatic heterocycles. The molecule has 0 saturated carbocycles. The summed E-state index contributed by atoms with van der Waals surface area (Å²) in [5, 5.41) is 9.85. The van der Waals surface area contributed by atoms with Gasteiger partial charge in [-0.15, -0.1) is 0 Å². The van der Waals surface area contributed by atoms with E-state index in [2.05, 4.69) is 5.48 Å². The maximum absolute atomic E-state index is 8.81. The first-order valence-corrected chi connectivity index (χ1v) is 4.79. The average Bonchev–Trinajstić information content (AvgIpc) is 2.13. The van der Waals surface area contributed by atoms with Gasteiger partial charge < -0.3 is 5.21 Å². The molecule has 0 saturated heterocycles. The van der Waals surface area contributed by atoms with E-state index in [1.165, 1.54) is 0 Å². The largest absolute Gasteiger partial charge is 0.316 e. The van der Waals surface area contributed by atoms with Gasteiger partial charge >= 0.3 is 0 Å². The molecule has 1 aromatic carbocycles. The van der Waals surface area contributed by atoms with Crippen LogP contribution in [0.1, 0.15) is 24.9 Å². The highest BCUT2D eigenvalue weighted by atomic mass is 35.5. The molecule has 0 bridgehead atoms. The lowest BCUT2D eigenvalue weighted by molar-refractivity contribution is 0.124. The summed E-state index contributed by atoms with van der Waals surface area (Å²) < 4.78 is 0. The summed E-state index contributed by atoms with van der Waals surface area (Å²) in [6.07, 6.45) is 0.786. The molecule has 0 aromatic heterocycles. The van der Waals surface area contributed by atoms with E-state index >= 15 is 0 Å². The van der Waals surface area contributed by atoms with Crippen LogP contribution in [-0.4, -0.2) is 5.21 Å². The number of hydrogen-bond donors (Lipinski definition) is 2. The second-order valence-corrected chi connectivity index (χ2v) is 3.58. The minimum absolute atomic E-state index is 0.0882. The van der Waals surface area contributed by atoms with Gasteiger partial charge in [-0.1, -0.05) is 36.2 Å². The predicted molar refractivity (Wildman–Crippen MR) is 54.4 cm³/mol. The van der Waals surface area contributed by atoms with Gasteiger partial charge in [0.2, 0.25) is 0 Å². The number of halogens is 2. The minimum atomic E-state index is -0.0882. The fraction of sp³-hybridized carbons (Fsp3) is 0.333. The Kier molecular flexibility index (Phi) is 4.00. The molecule has 4 heteroatoms. The molecule has 0 radical (unpaired) electrons. The molecular formula is C9H11Cl2NO. The van der Waals surface area contributed by atoms with E-state index in [1.807, 2.05) is 13.0 Å². The van der Waals surface area contributed by atoms with Gasteiger partial charge in [0, 0.05) is 0 Å². The molecule has 2 N–H and O–H groups in total. The first-order valence-electron chi connectivity index (χ1n) is 4.03. The minimum Gasteiger partial charge on any atom is -0.316 e. The summed E-state index contributed by atoms with van der Waals surface area (Å²) >= 11 is 11.6. The zero-order valence-electron chi connectivity index (χ0n) is 7.22. The molecule has 1 aromatic rings. The van der Waals surface area contributed by atoms with Gasteiger partial charge in [0.05, 0.1) is 16.1 Å². The maximum atomic E-state index is 8.81. The van der Waals surface area contributed by atoms with Crippen LogP contribution in [0.25, 0.3) is 0 Å². The van der Waals surface area contributed by atoms with Crippen LogP contribution in [0.4, 0.5) is 0 Å². The molecule has 0 aliphatic rings. The molecule has 0 aliphatic carbocycles. The van der Waals surface area contributed by atoms with Gasteiger partial charge in [-0.3, -0.25) is 0 Å². The monoisotopic (exact) mass is 219 g/mol. The number of hydroxylamine groups is 1. The summed E-state index contributed by atoms with van der Waals surface area (Å²) in [5.74, 6) is 0. The van der Waals surface area contributed by atoms with Crippen molar-refractivity contribution in [1.82, 2.24) is 5.48 Å². The highest BCUT2D eigenvalue weighted by Crippen LogP contribution is 2.26. The summed E-state index contributed by atoms with van der Waals surface area (Å²) in [7, 11) is 0. The Bertz CT molecular complexity index is 287. The van der Waals surface area contributed by atoms with Gasteiger partial charge in [0.1, 0.15) is 0 Å². The highest BCUT2D eigenvalue weighted by Gasteiger charge is 2.08. The van der Waals surface area contributed by atoms with Gasteiger partial charge in [-0.2, -0.15) is 5.48 Å². The van der Waals surface area contributed by atoms with Gasteiger partial charge in [0.15, 0.2) is 0 Å². The average molecular weight is 220 g/mol. The second-order valence-electron chi connectivity index (χ2n) is 2.76. The van der Waals surface area contributed by atoms with Crippen LogP contribution in [0.5, 0.6) is 0 Å². The molecule has 72 valence electrons. The summed E-state index contributed by atoms with van der Waals surface area (Å²) in [6, 6.07) is 5.22. The lowest BCUT2D eigenvalue weighted by Crippen LogP contribution is -2.15. The van der Waals surface area contributed by atoms with E-state index in [4.69, 9.17) is 28.4 Å². The van der Waals surface area contributed by atoms with Crippen LogP contribution in [-0.2, 0) is 0 Å². The van der Waals surface area contributed by atoms with Crippen LogP contribution >= 0.6 is 23.2 Å². The topological polar surface area (TPSA) is 32.3 Å². The smallest absolute Gasteiger partial charge is 0.0595 e. The van der Waals surface area contributed by atoms with Crippen LogP contribution < -0.4 is 5.48 Å². The lowest BCUT2D eigenvalue weighted by atomic mass is 10.1. The molecule has 0 fully saturated rings. The first-order chi connectivity index (χ1) is 6.19. The van der Waals surface area contributed by atoms with E-state index in [9.17, 15) is 0 Å². The molecule has 0 heterocycles. The summed E-state index contributed by atoms with van der Waals surface area (Å²) in [5.41, 5.74) is 3.14. The Labute approximate surface area is 87.4 Å². The lowest BCUT2D eigenvalue weighted by Gasteiger charge is -2.13. The Morgan fingerprint density at radius 3 is 2.54 bits per heavy atom. The Morgan fingerprint density at radius 2 is 2.08 bits per heavy atom. The Balaban J connectivity index is 2.95. The van der Waals surface area contributed by atoms with Gasteiger partial charge in [-0.25, -0.2) is 0 Å². The SMILES string of the molecule is CC[C@H](NO)c1ccc(Cl)c(Cl)c1. The molecule has 13 heavy (non-hydrogen) atoms. The maximum Gasteiger partial charge on any atom is 0.0595 e. The van der Waals surface area contributed by atoms with E-state index in [0.29, 0.717) is 10.0 Å². The number of hydrogen-bond acceptors (Lipinski definition) is 2. The van der Waals surface area contributed by atoms with Crippen molar-refractivity contribution in [1.29, 1.82) is 0 Å². The van der Waals surface area contributed by atoms with Crippen molar-refractivity contribution in [3.63, 3.8) is 0 Å². The van der Waals surface area contributed by atoms with E-state index in [-0.39, 0.29) is 6.04 Å². The van der Waals surface area contributed by atoms with Crippen molar-refractivity contribution in [3.8, 4) is 0 Å². The van der Waals surface area contributed by atoms with Gasteiger partial charge in [-0.05, 0) is 24.1 Å². The molecule has 0 spiro atoms. The predicted octanol–water partition coefficient (Wildman–Crippen LogP) is 3.42. The van der Waals surface area contributed by atoms with Crippen molar-refractivity contribution in [2.45, 2.75) is 19.4 Å². The van der Waals surface area contributed by atoms with Crippen LogP contribution in [0.15, 0.2) is 18.2 Å². The van der Waals surface area contributed by atoms with Crippen molar-refractivity contribution in [3.05, 3.63) is 33.8 Å². The Morgan fingerprint density at radius 1 is 1.38 bits per heavy atom. The van der Waals surface area contributed by atoms with Crippen molar-refractivity contribution in [2.24, 2.45) is 0 Å². The first kappa shape index (κ1) is 10.8. The Hall–Kier alpha value is -0.280. The fourth-order valence-electron chi connectivity index (χ4n) is 1.13. The fourth-order valence-corrected chi connectivity index (χ4v) is 1.44. The summed E-state index contributed by atoms with van der Waals surface area (Å²) in [4.78, 5) is 0. The molecule has 0 unspecified atom stereocenters. The van der Waals surface area contributed by atoms with Crippen LogP contribution in [0.2, 0.25) is 10.0 Å². The van der Waals surface area contributed by atoms with E-state index in [0.717, 1.165) is 12.0 Å². The van der Waals surface area contributed by atoms with Crippen molar-refractivity contribution < 1.29 is 5.21 Å². The van der Waals surface area contributed by atoms with Crippen molar-refractivity contribution >= 4 is 23.2 Å². The number of benzene rings is 1. The van der Waals surface area contributed by atoms with Crippen LogP contribution in [0, 0.1) is 0 Å². The normalized spacial score (nSPS) is 12.9. The second kappa shape index (κ2) is 4.82. The highest BCUT2D eigenvalue weighted by molar-refractivity contribution is 6.42. The summed E-state index contributed by atoms with van der Waals surface area (Å²) in [6.45, 7) is 1.97. The third-order valence-corrected chi connectivity index (χ3v) is 2.65. The molecule has 2 nitrogen and oxygen atoms in total. The molecular weight excluding hydrogens is 209 g/mol. The van der Waals surface area contributed by atoms with Gasteiger partial charge in [0.25, 0.3) is 0 Å². The zero-order valence-corrected chi connectivity index (χ0v) is 8.73.